The van der Waals surface area contributed by atoms with Crippen molar-refractivity contribution in [3.05, 3.63) is 53.6 Å². The van der Waals surface area contributed by atoms with Gasteiger partial charge in [-0.3, -0.25) is 4.79 Å². The van der Waals surface area contributed by atoms with Crippen molar-refractivity contribution in [1.82, 2.24) is 0 Å². The predicted molar refractivity (Wildman–Crippen MR) is 104 cm³/mol. The molecule has 4 heteroatoms. The van der Waals surface area contributed by atoms with Crippen molar-refractivity contribution in [1.29, 1.82) is 0 Å². The van der Waals surface area contributed by atoms with Gasteiger partial charge in [0.15, 0.2) is 6.10 Å². The van der Waals surface area contributed by atoms with Gasteiger partial charge >= 0.3 is 0 Å². The van der Waals surface area contributed by atoms with Crippen LogP contribution in [0.5, 0.6) is 11.5 Å². The second-order valence-corrected chi connectivity index (χ2v) is 6.60. The summed E-state index contributed by atoms with van der Waals surface area (Å²) in [5.41, 5.74) is 3.51. The zero-order valence-electron chi connectivity index (χ0n) is 15.6. The van der Waals surface area contributed by atoms with E-state index in [1.54, 1.807) is 0 Å². The molecule has 0 heterocycles. The van der Waals surface area contributed by atoms with E-state index < -0.39 is 6.10 Å². The topological polar surface area (TPSA) is 47.6 Å². The molecule has 0 aliphatic heterocycles. The minimum Gasteiger partial charge on any atom is -0.494 e. The largest absolute Gasteiger partial charge is 0.494 e. The van der Waals surface area contributed by atoms with Crippen LogP contribution in [-0.2, 0) is 17.6 Å². The van der Waals surface area contributed by atoms with Crippen molar-refractivity contribution in [3.63, 3.8) is 0 Å². The summed E-state index contributed by atoms with van der Waals surface area (Å²) in [7, 11) is 0. The van der Waals surface area contributed by atoms with Gasteiger partial charge in [0.05, 0.1) is 6.61 Å². The van der Waals surface area contributed by atoms with Crippen LogP contribution in [0.4, 0.5) is 5.69 Å². The Kier molecular flexibility index (Phi) is 6.16. The van der Waals surface area contributed by atoms with Crippen LogP contribution in [0, 0.1) is 0 Å². The van der Waals surface area contributed by atoms with E-state index in [0.717, 1.165) is 30.0 Å². The molecular weight excluding hydrogens is 326 g/mol. The third-order valence-electron chi connectivity index (χ3n) is 4.69. The molecule has 2 aromatic carbocycles. The second kappa shape index (κ2) is 8.75. The fourth-order valence-electron chi connectivity index (χ4n) is 3.29. The number of hydrogen-bond acceptors (Lipinski definition) is 3. The lowest BCUT2D eigenvalue weighted by Crippen LogP contribution is -2.32. The highest BCUT2D eigenvalue weighted by atomic mass is 16.5. The summed E-state index contributed by atoms with van der Waals surface area (Å²) >= 11 is 0. The number of fused-ring (bicyclic) bond motifs is 1. The molecule has 138 valence electrons. The summed E-state index contributed by atoms with van der Waals surface area (Å²) in [5, 5.41) is 2.93. The molecule has 0 radical (unpaired) electrons. The van der Waals surface area contributed by atoms with Crippen LogP contribution in [0.2, 0.25) is 0 Å². The number of nitrogens with one attached hydrogen (secondary N) is 1. The summed E-state index contributed by atoms with van der Waals surface area (Å²) in [6, 6.07) is 13.6. The molecule has 2 aromatic rings. The molecular formula is C22H27NO3. The standard InChI is InChI=1S/C22H27NO3/c1-3-21(22(24)23-18-10-13-19(14-11-18)25-4-2)26-20-12-9-16-7-5-6-8-17(16)15-20/h9-15,21H,3-8H2,1-2H3,(H,23,24)/t21-/m0/s1. The number of aryl methyl sites for hydroxylation is 2. The lowest BCUT2D eigenvalue weighted by atomic mass is 9.92. The molecule has 1 aliphatic rings. The SMILES string of the molecule is CCOc1ccc(NC(=O)[C@H](CC)Oc2ccc3c(c2)CCCC3)cc1. The Balaban J connectivity index is 1.63. The van der Waals surface area contributed by atoms with Crippen molar-refractivity contribution in [2.24, 2.45) is 0 Å². The average molecular weight is 353 g/mol. The maximum Gasteiger partial charge on any atom is 0.265 e. The van der Waals surface area contributed by atoms with Crippen molar-refractivity contribution < 1.29 is 14.3 Å². The van der Waals surface area contributed by atoms with Gasteiger partial charge in [-0.2, -0.15) is 0 Å². The number of benzene rings is 2. The molecule has 0 saturated carbocycles. The monoisotopic (exact) mass is 353 g/mol. The van der Waals surface area contributed by atoms with Crippen LogP contribution in [-0.4, -0.2) is 18.6 Å². The Morgan fingerprint density at radius 2 is 1.69 bits per heavy atom. The van der Waals surface area contributed by atoms with Crippen LogP contribution < -0.4 is 14.8 Å². The van der Waals surface area contributed by atoms with Crippen molar-refractivity contribution in [3.8, 4) is 11.5 Å². The molecule has 26 heavy (non-hydrogen) atoms. The predicted octanol–water partition coefficient (Wildman–Crippen LogP) is 4.76. The third kappa shape index (κ3) is 4.57. The fraction of sp³-hybridized carbons (Fsp3) is 0.409. The molecule has 0 bridgehead atoms. The minimum atomic E-state index is -0.511. The molecule has 0 fully saturated rings. The van der Waals surface area contributed by atoms with Gasteiger partial charge in [0.1, 0.15) is 11.5 Å². The molecule has 0 saturated heterocycles. The molecule has 1 aliphatic carbocycles. The highest BCUT2D eigenvalue weighted by Gasteiger charge is 2.19. The van der Waals surface area contributed by atoms with Crippen molar-refractivity contribution >= 4 is 11.6 Å². The lowest BCUT2D eigenvalue weighted by Gasteiger charge is -2.20. The number of anilines is 1. The van der Waals surface area contributed by atoms with E-state index in [-0.39, 0.29) is 5.91 Å². The number of carbonyl (C=O) groups is 1. The van der Waals surface area contributed by atoms with Crippen LogP contribution in [0.15, 0.2) is 42.5 Å². The minimum absolute atomic E-state index is 0.130. The van der Waals surface area contributed by atoms with Gasteiger partial charge in [0.25, 0.3) is 5.91 Å². The van der Waals surface area contributed by atoms with Gasteiger partial charge in [-0.1, -0.05) is 13.0 Å². The smallest absolute Gasteiger partial charge is 0.265 e. The van der Waals surface area contributed by atoms with Gasteiger partial charge in [-0.15, -0.1) is 0 Å². The number of carbonyl (C=O) groups excluding carboxylic acids is 1. The van der Waals surface area contributed by atoms with E-state index >= 15 is 0 Å². The Bertz CT molecular complexity index is 740. The van der Waals surface area contributed by atoms with E-state index in [0.29, 0.717) is 13.0 Å². The number of ether oxygens (including phenoxy) is 2. The summed E-state index contributed by atoms with van der Waals surface area (Å²) in [5.74, 6) is 1.44. The van der Waals surface area contributed by atoms with E-state index in [4.69, 9.17) is 9.47 Å². The molecule has 0 aromatic heterocycles. The zero-order valence-corrected chi connectivity index (χ0v) is 15.6. The summed E-state index contributed by atoms with van der Waals surface area (Å²) < 4.78 is 11.4. The van der Waals surface area contributed by atoms with E-state index in [1.807, 2.05) is 44.2 Å². The van der Waals surface area contributed by atoms with Crippen LogP contribution in [0.3, 0.4) is 0 Å². The molecule has 1 N–H and O–H groups in total. The summed E-state index contributed by atoms with van der Waals surface area (Å²) in [6.07, 6.45) is 4.83. The normalized spacial score (nSPS) is 14.2. The number of rotatable bonds is 7. The van der Waals surface area contributed by atoms with E-state index in [9.17, 15) is 4.79 Å². The summed E-state index contributed by atoms with van der Waals surface area (Å²) in [4.78, 5) is 12.6. The van der Waals surface area contributed by atoms with Gasteiger partial charge < -0.3 is 14.8 Å². The van der Waals surface area contributed by atoms with Gasteiger partial charge in [0.2, 0.25) is 0 Å². The maximum absolute atomic E-state index is 12.6. The third-order valence-corrected chi connectivity index (χ3v) is 4.69. The van der Waals surface area contributed by atoms with Crippen LogP contribution >= 0.6 is 0 Å². The Hall–Kier alpha value is -2.49. The molecule has 0 spiro atoms. The number of hydrogen-bond donors (Lipinski definition) is 1. The zero-order chi connectivity index (χ0) is 18.4. The maximum atomic E-state index is 12.6. The quantitative estimate of drug-likeness (QED) is 0.781. The highest BCUT2D eigenvalue weighted by Crippen LogP contribution is 2.26. The van der Waals surface area contributed by atoms with Gasteiger partial charge in [-0.25, -0.2) is 0 Å². The van der Waals surface area contributed by atoms with Crippen molar-refractivity contribution in [2.45, 2.75) is 52.1 Å². The number of amides is 1. The Morgan fingerprint density at radius 1 is 1.00 bits per heavy atom. The Labute approximate surface area is 155 Å². The average Bonchev–Trinajstić information content (AvgIpc) is 2.67. The van der Waals surface area contributed by atoms with E-state index in [1.165, 1.54) is 24.0 Å². The first kappa shape index (κ1) is 18.3. The van der Waals surface area contributed by atoms with Gasteiger partial charge in [-0.05, 0) is 86.6 Å². The molecule has 1 amide bonds. The first-order valence-electron chi connectivity index (χ1n) is 9.51. The first-order chi connectivity index (χ1) is 12.7. The molecule has 3 rings (SSSR count). The van der Waals surface area contributed by atoms with Gasteiger partial charge in [0, 0.05) is 5.69 Å². The van der Waals surface area contributed by atoms with E-state index in [2.05, 4.69) is 17.4 Å². The lowest BCUT2D eigenvalue weighted by molar-refractivity contribution is -0.122. The molecule has 4 nitrogen and oxygen atoms in total. The highest BCUT2D eigenvalue weighted by molar-refractivity contribution is 5.94. The molecule has 1 atom stereocenters. The molecule has 0 unspecified atom stereocenters. The Morgan fingerprint density at radius 3 is 2.38 bits per heavy atom. The fourth-order valence-corrected chi connectivity index (χ4v) is 3.29. The second-order valence-electron chi connectivity index (χ2n) is 6.60. The van der Waals surface area contributed by atoms with Crippen LogP contribution in [0.25, 0.3) is 0 Å². The van der Waals surface area contributed by atoms with Crippen LogP contribution in [0.1, 0.15) is 44.2 Å². The van der Waals surface area contributed by atoms with Crippen molar-refractivity contribution in [2.75, 3.05) is 11.9 Å². The first-order valence-corrected chi connectivity index (χ1v) is 9.51. The summed E-state index contributed by atoms with van der Waals surface area (Å²) in [6.45, 7) is 4.53.